The minimum absolute atomic E-state index is 0.0324. The molecule has 0 radical (unpaired) electrons. The quantitative estimate of drug-likeness (QED) is 0.364. The van der Waals surface area contributed by atoms with Crippen LogP contribution in [0.15, 0.2) is 11.8 Å². The lowest BCUT2D eigenvalue weighted by Crippen LogP contribution is -2.83. The number of hydrogen-bond acceptors (Lipinski definition) is 2. The van der Waals surface area contributed by atoms with Gasteiger partial charge in [0.1, 0.15) is 0 Å². The molecule has 0 spiro atoms. The number of likely N-dealkylation sites (N-methyl/N-ethyl adjacent to an activating group) is 1. The normalized spacial score (nSPS) is 13.3. The van der Waals surface area contributed by atoms with Crippen LogP contribution in [0.3, 0.4) is 0 Å². The van der Waals surface area contributed by atoms with Gasteiger partial charge < -0.3 is 11.1 Å². The fourth-order valence-electron chi connectivity index (χ4n) is 0.467. The third-order valence-electron chi connectivity index (χ3n) is 1.49. The van der Waals surface area contributed by atoms with E-state index in [0.717, 1.165) is 5.70 Å². The number of rotatable bonds is 1. The lowest BCUT2D eigenvalue weighted by Gasteiger charge is -2.18. The molecule has 0 unspecified atom stereocenters. The Morgan fingerprint density at radius 3 is 2.18 bits per heavy atom. The van der Waals surface area contributed by atoms with Crippen molar-refractivity contribution in [1.29, 1.82) is 5.41 Å². The zero-order chi connectivity index (χ0) is 9.07. The molecule has 0 saturated heterocycles. The summed E-state index contributed by atoms with van der Waals surface area (Å²) in [6.07, 6.45) is 1.69. The highest BCUT2D eigenvalue weighted by atomic mass is 14.9. The first kappa shape index (κ1) is 10.2. The lowest BCUT2D eigenvalue weighted by atomic mass is 9.92. The summed E-state index contributed by atoms with van der Waals surface area (Å²) in [6, 6.07) is 0. The molecule has 0 bridgehead atoms. The highest BCUT2D eigenvalue weighted by molar-refractivity contribution is 5.82. The van der Waals surface area contributed by atoms with Crippen LogP contribution in [-0.2, 0) is 0 Å². The largest absolute Gasteiger partial charge is 0.401 e. The standard InChI is InChI=1S/C8H17N3/c1-8(2,3)6(9)5-7(10)11-4/h5H,9H2,1-4H3,(H2,10,11)/p+1. The molecule has 0 aliphatic carbocycles. The molecule has 5 N–H and O–H groups in total. The van der Waals surface area contributed by atoms with Gasteiger partial charge in [-0.3, -0.25) is 5.41 Å². The van der Waals surface area contributed by atoms with E-state index in [1.165, 1.54) is 0 Å². The van der Waals surface area contributed by atoms with Crippen molar-refractivity contribution < 1.29 is 5.32 Å². The Morgan fingerprint density at radius 1 is 1.45 bits per heavy atom. The molecule has 0 amide bonds. The number of amidine groups is 1. The van der Waals surface area contributed by atoms with Crippen molar-refractivity contribution in [3.05, 3.63) is 11.8 Å². The molecule has 3 nitrogen and oxygen atoms in total. The Balaban J connectivity index is 4.35. The van der Waals surface area contributed by atoms with Gasteiger partial charge in [0.05, 0.1) is 7.05 Å². The van der Waals surface area contributed by atoms with Crippen molar-refractivity contribution in [3.8, 4) is 0 Å². The number of nitrogens with one attached hydrogen (secondary N) is 1. The average molecular weight is 156 g/mol. The van der Waals surface area contributed by atoms with Crippen LogP contribution in [-0.4, -0.2) is 12.9 Å². The topological polar surface area (TPSA) is 66.5 Å². The molecule has 64 valence electrons. The van der Waals surface area contributed by atoms with Gasteiger partial charge in [0.15, 0.2) is 0 Å². The Labute approximate surface area is 68.2 Å². The molecular formula is C8H18N3+. The highest BCUT2D eigenvalue weighted by Crippen LogP contribution is 2.19. The van der Waals surface area contributed by atoms with E-state index in [-0.39, 0.29) is 5.41 Å². The van der Waals surface area contributed by atoms with Crippen molar-refractivity contribution in [1.82, 2.24) is 0 Å². The maximum Gasteiger partial charge on any atom is 0.218 e. The summed E-state index contributed by atoms with van der Waals surface area (Å²) < 4.78 is 0. The first-order chi connectivity index (χ1) is 4.88. The number of nitrogens with two attached hydrogens (primary N) is 2. The van der Waals surface area contributed by atoms with E-state index in [2.05, 4.69) is 0 Å². The minimum Gasteiger partial charge on any atom is -0.401 e. The molecule has 0 fully saturated rings. The maximum atomic E-state index is 7.34. The molecule has 0 aromatic carbocycles. The van der Waals surface area contributed by atoms with Crippen molar-refractivity contribution in [3.63, 3.8) is 0 Å². The molecule has 0 aliphatic heterocycles. The van der Waals surface area contributed by atoms with Crippen molar-refractivity contribution in [2.24, 2.45) is 11.1 Å². The van der Waals surface area contributed by atoms with Crippen LogP contribution in [0.2, 0.25) is 0 Å². The Hall–Kier alpha value is -0.830. The van der Waals surface area contributed by atoms with Crippen LogP contribution in [0.25, 0.3) is 0 Å². The van der Waals surface area contributed by atoms with E-state index >= 15 is 0 Å². The zero-order valence-corrected chi connectivity index (χ0v) is 7.73. The number of hydrogen-bond donors (Lipinski definition) is 3. The van der Waals surface area contributed by atoms with Gasteiger partial charge in [0.2, 0.25) is 5.84 Å². The fraction of sp³-hybridized carbons (Fsp3) is 0.625. The van der Waals surface area contributed by atoms with Crippen molar-refractivity contribution in [2.75, 3.05) is 7.05 Å². The number of allylic oxidation sites excluding steroid dienone is 1. The molecular weight excluding hydrogens is 138 g/mol. The van der Waals surface area contributed by atoms with Gasteiger partial charge in [0, 0.05) is 17.2 Å². The Bertz CT molecular complexity index is 174. The minimum atomic E-state index is -0.0324. The SMILES string of the molecule is C[NH2+]C(=N)C=C(N)C(C)(C)C. The second kappa shape index (κ2) is 3.53. The maximum absolute atomic E-state index is 7.34. The van der Waals surface area contributed by atoms with Gasteiger partial charge in [-0.2, -0.15) is 0 Å². The van der Waals surface area contributed by atoms with Gasteiger partial charge >= 0.3 is 0 Å². The van der Waals surface area contributed by atoms with Gasteiger partial charge in [-0.25, -0.2) is 0 Å². The molecule has 0 aromatic heterocycles. The summed E-state index contributed by atoms with van der Waals surface area (Å²) in [5, 5.41) is 9.06. The fourth-order valence-corrected chi connectivity index (χ4v) is 0.467. The summed E-state index contributed by atoms with van der Waals surface area (Å²) >= 11 is 0. The predicted octanol–water partition coefficient (Wildman–Crippen LogP) is 0.0456. The van der Waals surface area contributed by atoms with E-state index in [1.807, 2.05) is 27.8 Å². The van der Waals surface area contributed by atoms with E-state index in [0.29, 0.717) is 5.84 Å². The van der Waals surface area contributed by atoms with E-state index in [1.54, 1.807) is 11.4 Å². The molecule has 0 aromatic rings. The third-order valence-corrected chi connectivity index (χ3v) is 1.49. The first-order valence-electron chi connectivity index (χ1n) is 3.73. The van der Waals surface area contributed by atoms with E-state index < -0.39 is 0 Å². The van der Waals surface area contributed by atoms with Crippen LogP contribution in [0.4, 0.5) is 0 Å². The summed E-state index contributed by atoms with van der Waals surface area (Å²) in [7, 11) is 1.83. The summed E-state index contributed by atoms with van der Waals surface area (Å²) in [5.74, 6) is 0.470. The molecule has 0 saturated carbocycles. The van der Waals surface area contributed by atoms with Gasteiger partial charge in [0.25, 0.3) is 0 Å². The molecule has 0 aliphatic rings. The predicted molar refractivity (Wildman–Crippen MR) is 47.3 cm³/mol. The monoisotopic (exact) mass is 156 g/mol. The van der Waals surface area contributed by atoms with Gasteiger partial charge in [-0.15, -0.1) is 0 Å². The average Bonchev–Trinajstić information content (AvgIpc) is 1.85. The molecule has 3 heteroatoms. The van der Waals surface area contributed by atoms with E-state index in [9.17, 15) is 0 Å². The van der Waals surface area contributed by atoms with Crippen LogP contribution >= 0.6 is 0 Å². The van der Waals surface area contributed by atoms with Crippen LogP contribution in [0, 0.1) is 10.8 Å². The highest BCUT2D eigenvalue weighted by Gasteiger charge is 2.14. The second-order valence-electron chi connectivity index (χ2n) is 3.59. The Kier molecular flexibility index (Phi) is 3.26. The molecule has 11 heavy (non-hydrogen) atoms. The van der Waals surface area contributed by atoms with Crippen LogP contribution < -0.4 is 11.1 Å². The Morgan fingerprint density at radius 2 is 1.91 bits per heavy atom. The van der Waals surface area contributed by atoms with Gasteiger partial charge in [-0.1, -0.05) is 20.8 Å². The lowest BCUT2D eigenvalue weighted by molar-refractivity contribution is -0.505. The number of quaternary nitrogens is 1. The van der Waals surface area contributed by atoms with Crippen LogP contribution in [0.1, 0.15) is 20.8 Å². The van der Waals surface area contributed by atoms with Crippen molar-refractivity contribution >= 4 is 5.84 Å². The first-order valence-corrected chi connectivity index (χ1v) is 3.73. The van der Waals surface area contributed by atoms with Crippen molar-refractivity contribution in [2.45, 2.75) is 20.8 Å². The summed E-state index contributed by atoms with van der Waals surface area (Å²) in [4.78, 5) is 0. The smallest absolute Gasteiger partial charge is 0.218 e. The van der Waals surface area contributed by atoms with Gasteiger partial charge in [-0.05, 0) is 0 Å². The molecule has 0 rings (SSSR count). The van der Waals surface area contributed by atoms with Crippen LogP contribution in [0.5, 0.6) is 0 Å². The third kappa shape index (κ3) is 3.78. The van der Waals surface area contributed by atoms with E-state index in [4.69, 9.17) is 11.1 Å². The molecule has 0 heterocycles. The second-order valence-corrected chi connectivity index (χ2v) is 3.59. The summed E-state index contributed by atoms with van der Waals surface area (Å²) in [5.41, 5.74) is 6.45. The zero-order valence-electron chi connectivity index (χ0n) is 7.73. The molecule has 0 atom stereocenters. The summed E-state index contributed by atoms with van der Waals surface area (Å²) in [6.45, 7) is 6.09.